The number of para-hydroxylation sites is 2. The molecule has 3 N–H and O–H groups in total. The largest absolute Gasteiger partial charge is 0.481 e. The highest BCUT2D eigenvalue weighted by molar-refractivity contribution is 5.89. The molecule has 0 heterocycles. The van der Waals surface area contributed by atoms with Gasteiger partial charge in [0, 0.05) is 13.0 Å². The molecule has 0 aliphatic carbocycles. The fourth-order valence-electron chi connectivity index (χ4n) is 2.14. The van der Waals surface area contributed by atoms with Crippen molar-refractivity contribution in [3.8, 4) is 0 Å². The summed E-state index contributed by atoms with van der Waals surface area (Å²) in [4.78, 5) is 22.3. The molecule has 0 saturated carbocycles. The van der Waals surface area contributed by atoms with Crippen molar-refractivity contribution in [2.45, 2.75) is 58.5 Å². The number of rotatable bonds is 9. The third kappa shape index (κ3) is 9.02. The molecule has 0 spiro atoms. The van der Waals surface area contributed by atoms with Crippen molar-refractivity contribution < 1.29 is 19.4 Å². The number of benzene rings is 1. The first-order valence-corrected chi connectivity index (χ1v) is 8.32. The summed E-state index contributed by atoms with van der Waals surface area (Å²) in [6.45, 7) is 6.23. The van der Waals surface area contributed by atoms with E-state index in [1.807, 2.05) is 45.0 Å². The van der Waals surface area contributed by atoms with Gasteiger partial charge in [-0.1, -0.05) is 25.0 Å². The SMILES string of the molecule is CC(C)(C)OC(=O)Nc1ccccc1NCCCCCCC(=O)O. The Morgan fingerprint density at radius 3 is 2.29 bits per heavy atom. The smallest absolute Gasteiger partial charge is 0.412 e. The Kier molecular flexibility index (Phi) is 8.09. The Morgan fingerprint density at radius 2 is 1.67 bits per heavy atom. The molecule has 0 aliphatic heterocycles. The fourth-order valence-corrected chi connectivity index (χ4v) is 2.14. The third-order valence-electron chi connectivity index (χ3n) is 3.20. The molecular weight excluding hydrogens is 308 g/mol. The number of carbonyl (C=O) groups is 2. The summed E-state index contributed by atoms with van der Waals surface area (Å²) in [5, 5.41) is 14.6. The zero-order valence-electron chi connectivity index (χ0n) is 14.7. The molecule has 0 unspecified atom stereocenters. The highest BCUT2D eigenvalue weighted by Crippen LogP contribution is 2.22. The van der Waals surface area contributed by atoms with E-state index in [-0.39, 0.29) is 6.42 Å². The van der Waals surface area contributed by atoms with Gasteiger partial charge in [0.15, 0.2) is 0 Å². The first-order chi connectivity index (χ1) is 11.3. The van der Waals surface area contributed by atoms with E-state index in [1.165, 1.54) is 0 Å². The van der Waals surface area contributed by atoms with Crippen molar-refractivity contribution in [2.75, 3.05) is 17.2 Å². The van der Waals surface area contributed by atoms with E-state index in [9.17, 15) is 9.59 Å². The molecule has 0 aliphatic rings. The quantitative estimate of drug-likeness (QED) is 0.579. The molecule has 1 rings (SSSR count). The van der Waals surface area contributed by atoms with Gasteiger partial charge >= 0.3 is 12.1 Å². The Balaban J connectivity index is 2.38. The van der Waals surface area contributed by atoms with Crippen molar-refractivity contribution in [3.63, 3.8) is 0 Å². The van der Waals surface area contributed by atoms with Crippen molar-refractivity contribution >= 4 is 23.4 Å². The lowest BCUT2D eigenvalue weighted by Gasteiger charge is -2.20. The van der Waals surface area contributed by atoms with Gasteiger partial charge < -0.3 is 15.2 Å². The third-order valence-corrected chi connectivity index (χ3v) is 3.20. The normalized spacial score (nSPS) is 11.0. The number of carboxylic acid groups (broad SMARTS) is 1. The lowest BCUT2D eigenvalue weighted by Crippen LogP contribution is -2.27. The molecule has 24 heavy (non-hydrogen) atoms. The second-order valence-electron chi connectivity index (χ2n) is 6.66. The van der Waals surface area contributed by atoms with E-state index in [0.717, 1.165) is 31.5 Å². The Bertz CT molecular complexity index is 538. The van der Waals surface area contributed by atoms with Gasteiger partial charge in [-0.25, -0.2) is 4.79 Å². The van der Waals surface area contributed by atoms with Crippen molar-refractivity contribution in [2.24, 2.45) is 0 Å². The maximum absolute atomic E-state index is 11.9. The van der Waals surface area contributed by atoms with Crippen LogP contribution in [0.4, 0.5) is 16.2 Å². The molecule has 6 heteroatoms. The maximum atomic E-state index is 11.9. The molecule has 0 aromatic heterocycles. The van der Waals surface area contributed by atoms with Gasteiger partial charge in [0.25, 0.3) is 0 Å². The summed E-state index contributed by atoms with van der Waals surface area (Å²) in [7, 11) is 0. The number of carbonyl (C=O) groups excluding carboxylic acids is 1. The van der Waals surface area contributed by atoms with E-state index in [4.69, 9.17) is 9.84 Å². The lowest BCUT2D eigenvalue weighted by molar-refractivity contribution is -0.137. The van der Waals surface area contributed by atoms with Gasteiger partial charge in [-0.3, -0.25) is 10.1 Å². The minimum atomic E-state index is -0.740. The predicted octanol–water partition coefficient (Wildman–Crippen LogP) is 4.48. The van der Waals surface area contributed by atoms with Crippen LogP contribution in [0.5, 0.6) is 0 Å². The molecule has 134 valence electrons. The van der Waals surface area contributed by atoms with Gasteiger partial charge in [-0.15, -0.1) is 0 Å². The van der Waals surface area contributed by atoms with E-state index in [2.05, 4.69) is 10.6 Å². The number of hydrogen-bond donors (Lipinski definition) is 3. The van der Waals surface area contributed by atoms with Gasteiger partial charge in [-0.05, 0) is 45.7 Å². The predicted molar refractivity (Wildman–Crippen MR) is 95.5 cm³/mol. The first kappa shape index (κ1) is 19.8. The van der Waals surface area contributed by atoms with E-state index >= 15 is 0 Å². The Hall–Kier alpha value is -2.24. The van der Waals surface area contributed by atoms with Crippen LogP contribution in [0.1, 0.15) is 52.9 Å². The second kappa shape index (κ2) is 9.80. The van der Waals surface area contributed by atoms with Crippen molar-refractivity contribution in [1.82, 2.24) is 0 Å². The van der Waals surface area contributed by atoms with Gasteiger partial charge in [-0.2, -0.15) is 0 Å². The van der Waals surface area contributed by atoms with E-state index < -0.39 is 17.7 Å². The molecule has 0 atom stereocenters. The highest BCUT2D eigenvalue weighted by Gasteiger charge is 2.16. The summed E-state index contributed by atoms with van der Waals surface area (Å²) in [5.74, 6) is -0.740. The second-order valence-corrected chi connectivity index (χ2v) is 6.66. The van der Waals surface area contributed by atoms with E-state index in [1.54, 1.807) is 0 Å². The van der Waals surface area contributed by atoms with Crippen LogP contribution in [0.15, 0.2) is 24.3 Å². The minimum absolute atomic E-state index is 0.232. The van der Waals surface area contributed by atoms with Crippen LogP contribution >= 0.6 is 0 Å². The fraction of sp³-hybridized carbons (Fsp3) is 0.556. The zero-order valence-corrected chi connectivity index (χ0v) is 14.7. The molecule has 1 aromatic carbocycles. The van der Waals surface area contributed by atoms with Crippen LogP contribution in [0.25, 0.3) is 0 Å². The number of unbranched alkanes of at least 4 members (excludes halogenated alkanes) is 3. The van der Waals surface area contributed by atoms with Crippen LogP contribution in [0, 0.1) is 0 Å². The number of ether oxygens (including phenoxy) is 1. The maximum Gasteiger partial charge on any atom is 0.412 e. The van der Waals surface area contributed by atoms with Gasteiger partial charge in [0.05, 0.1) is 11.4 Å². The van der Waals surface area contributed by atoms with E-state index in [0.29, 0.717) is 12.1 Å². The average molecular weight is 336 g/mol. The molecule has 1 aromatic rings. The lowest BCUT2D eigenvalue weighted by atomic mass is 10.1. The number of anilines is 2. The summed E-state index contributed by atoms with van der Waals surface area (Å²) >= 11 is 0. The molecule has 1 amide bonds. The molecule has 6 nitrogen and oxygen atoms in total. The number of carboxylic acids is 1. The zero-order chi connectivity index (χ0) is 18.0. The molecule has 0 fully saturated rings. The first-order valence-electron chi connectivity index (χ1n) is 8.32. The Morgan fingerprint density at radius 1 is 1.04 bits per heavy atom. The van der Waals surface area contributed by atoms with Crippen molar-refractivity contribution in [3.05, 3.63) is 24.3 Å². The Labute approximate surface area is 143 Å². The molecule has 0 saturated heterocycles. The topological polar surface area (TPSA) is 87.7 Å². The summed E-state index contributed by atoms with van der Waals surface area (Å²) in [6, 6.07) is 7.47. The number of nitrogens with one attached hydrogen (secondary N) is 2. The summed E-state index contributed by atoms with van der Waals surface area (Å²) in [6.07, 6.45) is 3.29. The summed E-state index contributed by atoms with van der Waals surface area (Å²) < 4.78 is 5.26. The number of amides is 1. The van der Waals surface area contributed by atoms with Crippen LogP contribution in [-0.2, 0) is 9.53 Å². The van der Waals surface area contributed by atoms with Crippen molar-refractivity contribution in [1.29, 1.82) is 0 Å². The minimum Gasteiger partial charge on any atom is -0.481 e. The molecule has 0 radical (unpaired) electrons. The van der Waals surface area contributed by atoms with Gasteiger partial charge in [0.1, 0.15) is 5.60 Å². The number of aliphatic carboxylic acids is 1. The van der Waals surface area contributed by atoms with Crippen LogP contribution in [0.3, 0.4) is 0 Å². The van der Waals surface area contributed by atoms with Crippen LogP contribution in [0.2, 0.25) is 0 Å². The molecule has 0 bridgehead atoms. The highest BCUT2D eigenvalue weighted by atomic mass is 16.6. The van der Waals surface area contributed by atoms with Crippen LogP contribution in [-0.4, -0.2) is 29.3 Å². The molecular formula is C18H28N2O4. The summed E-state index contributed by atoms with van der Waals surface area (Å²) in [5.41, 5.74) is 0.981. The standard InChI is InChI=1S/C18H28N2O4/c1-18(2,3)24-17(23)20-15-11-8-7-10-14(15)19-13-9-5-4-6-12-16(21)22/h7-8,10-11,19H,4-6,9,12-13H2,1-3H3,(H,20,23)(H,21,22). The van der Waals surface area contributed by atoms with Gasteiger partial charge in [0.2, 0.25) is 0 Å². The van der Waals surface area contributed by atoms with Crippen LogP contribution < -0.4 is 10.6 Å². The number of hydrogen-bond acceptors (Lipinski definition) is 4. The average Bonchev–Trinajstić information content (AvgIpc) is 2.45. The monoisotopic (exact) mass is 336 g/mol.